The van der Waals surface area contributed by atoms with Crippen LogP contribution in [0.3, 0.4) is 0 Å². The van der Waals surface area contributed by atoms with Gasteiger partial charge in [0, 0.05) is 19.6 Å². The standard InChI is InChI=1S/C11H20N2O3/c1-8-2-3-10(16-8)11(14)13-4-5-15-9(6-12)7-13/h8-10H,2-7,12H2,1H3. The minimum Gasteiger partial charge on any atom is -0.373 e. The fraction of sp³-hybridized carbons (Fsp3) is 0.909. The van der Waals surface area contributed by atoms with Crippen LogP contribution >= 0.6 is 0 Å². The zero-order chi connectivity index (χ0) is 11.5. The van der Waals surface area contributed by atoms with Gasteiger partial charge in [0.2, 0.25) is 0 Å². The van der Waals surface area contributed by atoms with Gasteiger partial charge in [0.05, 0.1) is 18.8 Å². The number of rotatable bonds is 2. The summed E-state index contributed by atoms with van der Waals surface area (Å²) in [5.41, 5.74) is 5.55. The molecular formula is C11H20N2O3. The highest BCUT2D eigenvalue weighted by atomic mass is 16.5. The first-order chi connectivity index (χ1) is 7.70. The summed E-state index contributed by atoms with van der Waals surface area (Å²) in [6.07, 6.45) is 1.76. The number of hydrogen-bond acceptors (Lipinski definition) is 4. The van der Waals surface area contributed by atoms with E-state index in [-0.39, 0.29) is 24.2 Å². The molecule has 2 saturated heterocycles. The van der Waals surface area contributed by atoms with Crippen molar-refractivity contribution in [2.75, 3.05) is 26.2 Å². The summed E-state index contributed by atoms with van der Waals surface area (Å²) >= 11 is 0. The summed E-state index contributed by atoms with van der Waals surface area (Å²) in [7, 11) is 0. The third-order valence-electron chi connectivity index (χ3n) is 3.22. The molecule has 92 valence electrons. The smallest absolute Gasteiger partial charge is 0.251 e. The van der Waals surface area contributed by atoms with Crippen molar-refractivity contribution in [3.8, 4) is 0 Å². The van der Waals surface area contributed by atoms with Crippen LogP contribution in [-0.2, 0) is 14.3 Å². The second-order valence-corrected chi connectivity index (χ2v) is 4.53. The fourth-order valence-corrected chi connectivity index (χ4v) is 2.25. The predicted molar refractivity (Wildman–Crippen MR) is 58.9 cm³/mol. The molecule has 2 rings (SSSR count). The van der Waals surface area contributed by atoms with Gasteiger partial charge in [-0.2, -0.15) is 0 Å². The molecule has 0 spiro atoms. The Morgan fingerprint density at radius 1 is 1.50 bits per heavy atom. The monoisotopic (exact) mass is 228 g/mol. The molecule has 0 bridgehead atoms. The van der Waals surface area contributed by atoms with Crippen LogP contribution in [0.5, 0.6) is 0 Å². The van der Waals surface area contributed by atoms with E-state index in [4.69, 9.17) is 15.2 Å². The van der Waals surface area contributed by atoms with Crippen molar-refractivity contribution in [3.63, 3.8) is 0 Å². The number of morpholine rings is 1. The highest BCUT2D eigenvalue weighted by Gasteiger charge is 2.33. The van der Waals surface area contributed by atoms with Crippen molar-refractivity contribution in [1.82, 2.24) is 4.90 Å². The van der Waals surface area contributed by atoms with Crippen LogP contribution in [0, 0.1) is 0 Å². The topological polar surface area (TPSA) is 64.8 Å². The Morgan fingerprint density at radius 2 is 2.31 bits per heavy atom. The predicted octanol–water partition coefficient (Wildman–Crippen LogP) is -0.260. The van der Waals surface area contributed by atoms with E-state index in [1.54, 1.807) is 0 Å². The van der Waals surface area contributed by atoms with E-state index in [2.05, 4.69) is 0 Å². The lowest BCUT2D eigenvalue weighted by Gasteiger charge is -2.33. The molecule has 0 aromatic rings. The molecule has 2 fully saturated rings. The molecular weight excluding hydrogens is 208 g/mol. The summed E-state index contributed by atoms with van der Waals surface area (Å²) in [5.74, 6) is 0.103. The lowest BCUT2D eigenvalue weighted by Crippen LogP contribution is -2.51. The van der Waals surface area contributed by atoms with Gasteiger partial charge in [0.25, 0.3) is 5.91 Å². The molecule has 2 heterocycles. The summed E-state index contributed by atoms with van der Waals surface area (Å²) in [6.45, 7) is 4.31. The molecule has 16 heavy (non-hydrogen) atoms. The van der Waals surface area contributed by atoms with Gasteiger partial charge in [-0.05, 0) is 19.8 Å². The van der Waals surface area contributed by atoms with E-state index in [0.717, 1.165) is 12.8 Å². The van der Waals surface area contributed by atoms with Gasteiger partial charge >= 0.3 is 0 Å². The van der Waals surface area contributed by atoms with Crippen molar-refractivity contribution < 1.29 is 14.3 Å². The maximum absolute atomic E-state index is 12.1. The van der Waals surface area contributed by atoms with Crippen LogP contribution in [0.15, 0.2) is 0 Å². The Labute approximate surface area is 95.9 Å². The van der Waals surface area contributed by atoms with Crippen LogP contribution in [0.2, 0.25) is 0 Å². The zero-order valence-corrected chi connectivity index (χ0v) is 9.72. The highest BCUT2D eigenvalue weighted by molar-refractivity contribution is 5.81. The Hall–Kier alpha value is -0.650. The van der Waals surface area contributed by atoms with E-state index >= 15 is 0 Å². The van der Waals surface area contributed by atoms with E-state index in [1.807, 2.05) is 11.8 Å². The molecule has 0 aliphatic carbocycles. The van der Waals surface area contributed by atoms with Crippen molar-refractivity contribution >= 4 is 5.91 Å². The molecule has 3 atom stereocenters. The molecule has 2 N–H and O–H groups in total. The van der Waals surface area contributed by atoms with E-state index in [0.29, 0.717) is 26.2 Å². The molecule has 1 amide bonds. The van der Waals surface area contributed by atoms with Gasteiger partial charge in [0.1, 0.15) is 6.10 Å². The highest BCUT2D eigenvalue weighted by Crippen LogP contribution is 2.21. The maximum atomic E-state index is 12.1. The fourth-order valence-electron chi connectivity index (χ4n) is 2.25. The van der Waals surface area contributed by atoms with Gasteiger partial charge in [-0.1, -0.05) is 0 Å². The number of amides is 1. The molecule has 0 saturated carbocycles. The molecule has 0 aromatic heterocycles. The van der Waals surface area contributed by atoms with Crippen LogP contribution in [0.25, 0.3) is 0 Å². The SMILES string of the molecule is CC1CCC(C(=O)N2CCOC(CN)C2)O1. The molecule has 0 radical (unpaired) electrons. The van der Waals surface area contributed by atoms with Crippen molar-refractivity contribution in [1.29, 1.82) is 0 Å². The van der Waals surface area contributed by atoms with Crippen LogP contribution < -0.4 is 5.73 Å². The Bertz CT molecular complexity index is 260. The number of hydrogen-bond donors (Lipinski definition) is 1. The lowest BCUT2D eigenvalue weighted by atomic mass is 10.1. The van der Waals surface area contributed by atoms with Gasteiger partial charge in [-0.15, -0.1) is 0 Å². The van der Waals surface area contributed by atoms with E-state index in [9.17, 15) is 4.79 Å². The first kappa shape index (κ1) is 11.8. The molecule has 2 aliphatic heterocycles. The van der Waals surface area contributed by atoms with Crippen molar-refractivity contribution in [3.05, 3.63) is 0 Å². The maximum Gasteiger partial charge on any atom is 0.251 e. The van der Waals surface area contributed by atoms with Crippen LogP contribution in [0.1, 0.15) is 19.8 Å². The van der Waals surface area contributed by atoms with Crippen molar-refractivity contribution in [2.24, 2.45) is 5.73 Å². The van der Waals surface area contributed by atoms with E-state index in [1.165, 1.54) is 0 Å². The Balaban J connectivity index is 1.89. The second-order valence-electron chi connectivity index (χ2n) is 4.53. The average Bonchev–Trinajstić information content (AvgIpc) is 2.75. The average molecular weight is 228 g/mol. The summed E-state index contributed by atoms with van der Waals surface area (Å²) in [4.78, 5) is 13.9. The number of nitrogens with two attached hydrogens (primary N) is 1. The van der Waals surface area contributed by atoms with Crippen LogP contribution in [-0.4, -0.2) is 55.4 Å². The van der Waals surface area contributed by atoms with Gasteiger partial charge in [0.15, 0.2) is 0 Å². The Kier molecular flexibility index (Phi) is 3.78. The second kappa shape index (κ2) is 5.12. The molecule has 5 heteroatoms. The number of carbonyl (C=O) groups is 1. The number of ether oxygens (including phenoxy) is 2. The van der Waals surface area contributed by atoms with Crippen molar-refractivity contribution in [2.45, 2.75) is 38.1 Å². The molecule has 2 aliphatic rings. The zero-order valence-electron chi connectivity index (χ0n) is 9.72. The first-order valence-electron chi connectivity index (χ1n) is 5.96. The normalized spacial score (nSPS) is 35.4. The number of nitrogens with zero attached hydrogens (tertiary/aromatic N) is 1. The summed E-state index contributed by atoms with van der Waals surface area (Å²) in [5, 5.41) is 0. The largest absolute Gasteiger partial charge is 0.373 e. The van der Waals surface area contributed by atoms with Gasteiger partial charge in [-0.25, -0.2) is 0 Å². The lowest BCUT2D eigenvalue weighted by molar-refractivity contribution is -0.149. The number of carbonyl (C=O) groups excluding carboxylic acids is 1. The van der Waals surface area contributed by atoms with E-state index < -0.39 is 0 Å². The minimum absolute atomic E-state index is 0.0171. The van der Waals surface area contributed by atoms with Crippen LogP contribution in [0.4, 0.5) is 0 Å². The molecule has 5 nitrogen and oxygen atoms in total. The first-order valence-corrected chi connectivity index (χ1v) is 5.96. The van der Waals surface area contributed by atoms with Gasteiger partial charge in [-0.3, -0.25) is 4.79 Å². The quantitative estimate of drug-likeness (QED) is 0.707. The summed E-state index contributed by atoms with van der Waals surface area (Å²) in [6, 6.07) is 0. The Morgan fingerprint density at radius 3 is 2.94 bits per heavy atom. The third-order valence-corrected chi connectivity index (χ3v) is 3.22. The minimum atomic E-state index is -0.244. The summed E-state index contributed by atoms with van der Waals surface area (Å²) < 4.78 is 11.0. The van der Waals surface area contributed by atoms with Gasteiger partial charge < -0.3 is 20.1 Å². The molecule has 3 unspecified atom stereocenters. The third kappa shape index (κ3) is 2.53. The molecule has 0 aromatic carbocycles.